The van der Waals surface area contributed by atoms with Gasteiger partial charge in [-0.1, -0.05) is 6.07 Å². The van der Waals surface area contributed by atoms with Gasteiger partial charge in [-0.15, -0.1) is 0 Å². The van der Waals surface area contributed by atoms with Crippen molar-refractivity contribution in [1.29, 1.82) is 0 Å². The first-order chi connectivity index (χ1) is 7.45. The molecule has 90 valence electrons. The third-order valence-electron chi connectivity index (χ3n) is 2.57. The number of hydrogen-bond acceptors (Lipinski definition) is 3. The fourth-order valence-corrected chi connectivity index (χ4v) is 2.09. The number of nitrogens with zero attached hydrogens (tertiary/aromatic N) is 1. The second-order valence-corrected chi connectivity index (χ2v) is 4.49. The number of nitrogens with two attached hydrogens (primary N) is 1. The Morgan fingerprint density at radius 2 is 2.00 bits per heavy atom. The number of methoxy groups -OCH3 is 1. The average molecular weight is 222 g/mol. The Morgan fingerprint density at radius 3 is 2.50 bits per heavy atom. The van der Waals surface area contributed by atoms with Crippen LogP contribution in [0.1, 0.15) is 18.1 Å². The maximum Gasteiger partial charge on any atom is 0.142 e. The molecule has 3 nitrogen and oxygen atoms in total. The lowest BCUT2D eigenvalue weighted by Gasteiger charge is -2.25. The Labute approximate surface area is 98.2 Å². The molecule has 0 aliphatic rings. The summed E-state index contributed by atoms with van der Waals surface area (Å²) in [7, 11) is 3.75. The molecule has 1 aromatic carbocycles. The number of likely N-dealkylation sites (N-methyl/N-ethyl adjacent to an activating group) is 1. The Morgan fingerprint density at radius 1 is 1.38 bits per heavy atom. The van der Waals surface area contributed by atoms with E-state index in [1.807, 2.05) is 14.0 Å². The van der Waals surface area contributed by atoms with E-state index >= 15 is 0 Å². The summed E-state index contributed by atoms with van der Waals surface area (Å²) in [6, 6.07) is 4.37. The van der Waals surface area contributed by atoms with Crippen LogP contribution in [0.15, 0.2) is 12.1 Å². The van der Waals surface area contributed by atoms with Crippen LogP contribution < -0.4 is 15.4 Å². The maximum absolute atomic E-state index is 5.82. The van der Waals surface area contributed by atoms with Crippen LogP contribution in [0.4, 0.5) is 5.69 Å². The van der Waals surface area contributed by atoms with Gasteiger partial charge in [0.05, 0.1) is 12.8 Å². The smallest absolute Gasteiger partial charge is 0.142 e. The zero-order valence-electron chi connectivity index (χ0n) is 10.9. The largest absolute Gasteiger partial charge is 0.495 e. The Balaban J connectivity index is 3.10. The van der Waals surface area contributed by atoms with Gasteiger partial charge in [0.1, 0.15) is 5.75 Å². The highest BCUT2D eigenvalue weighted by Crippen LogP contribution is 2.32. The van der Waals surface area contributed by atoms with Crippen LogP contribution in [-0.2, 0) is 0 Å². The minimum Gasteiger partial charge on any atom is -0.495 e. The topological polar surface area (TPSA) is 38.5 Å². The van der Waals surface area contributed by atoms with Crippen molar-refractivity contribution in [3.8, 4) is 5.75 Å². The highest BCUT2D eigenvalue weighted by molar-refractivity contribution is 5.64. The van der Waals surface area contributed by atoms with Gasteiger partial charge in [0.2, 0.25) is 0 Å². The van der Waals surface area contributed by atoms with Crippen molar-refractivity contribution < 1.29 is 4.74 Å². The molecule has 0 spiro atoms. The summed E-state index contributed by atoms with van der Waals surface area (Å²) >= 11 is 0. The van der Waals surface area contributed by atoms with E-state index in [4.69, 9.17) is 10.5 Å². The molecule has 0 radical (unpaired) electrons. The molecule has 16 heavy (non-hydrogen) atoms. The summed E-state index contributed by atoms with van der Waals surface area (Å²) in [5.74, 6) is 0.917. The molecule has 3 heteroatoms. The van der Waals surface area contributed by atoms with E-state index in [9.17, 15) is 0 Å². The van der Waals surface area contributed by atoms with E-state index in [-0.39, 0.29) is 6.04 Å². The summed E-state index contributed by atoms with van der Waals surface area (Å²) in [4.78, 5) is 2.15. The summed E-state index contributed by atoms with van der Waals surface area (Å²) in [5.41, 5.74) is 9.39. The van der Waals surface area contributed by atoms with Gasteiger partial charge in [-0.3, -0.25) is 0 Å². The van der Waals surface area contributed by atoms with Crippen LogP contribution in [0.25, 0.3) is 0 Å². The molecule has 1 unspecified atom stereocenters. The molecule has 2 N–H and O–H groups in total. The second kappa shape index (κ2) is 5.21. The van der Waals surface area contributed by atoms with Gasteiger partial charge >= 0.3 is 0 Å². The lowest BCUT2D eigenvalue weighted by atomic mass is 10.1. The summed E-state index contributed by atoms with van der Waals surface area (Å²) in [5, 5.41) is 0. The molecule has 0 aliphatic carbocycles. The molecule has 0 bridgehead atoms. The third-order valence-corrected chi connectivity index (χ3v) is 2.57. The van der Waals surface area contributed by atoms with Crippen molar-refractivity contribution in [2.45, 2.75) is 26.8 Å². The van der Waals surface area contributed by atoms with Crippen molar-refractivity contribution in [2.75, 3.05) is 25.6 Å². The van der Waals surface area contributed by atoms with Gasteiger partial charge in [0.15, 0.2) is 0 Å². The first-order valence-electron chi connectivity index (χ1n) is 5.57. The standard InChI is InChI=1S/C13H22N2O/c1-9-6-10(2)13(12(7-9)16-5)15(4)8-11(3)14/h6-7,11H,8,14H2,1-5H3. The predicted molar refractivity (Wildman–Crippen MR) is 69.4 cm³/mol. The zero-order chi connectivity index (χ0) is 12.3. The van der Waals surface area contributed by atoms with Gasteiger partial charge in [-0.05, 0) is 38.0 Å². The number of aryl methyl sites for hydroxylation is 2. The lowest BCUT2D eigenvalue weighted by Crippen LogP contribution is -2.33. The van der Waals surface area contributed by atoms with Gasteiger partial charge in [-0.2, -0.15) is 0 Å². The van der Waals surface area contributed by atoms with Crippen LogP contribution >= 0.6 is 0 Å². The molecule has 0 aliphatic heterocycles. The summed E-state index contributed by atoms with van der Waals surface area (Å²) in [6.07, 6.45) is 0. The van der Waals surface area contributed by atoms with E-state index in [0.717, 1.165) is 18.0 Å². The van der Waals surface area contributed by atoms with Gasteiger partial charge in [0.25, 0.3) is 0 Å². The fourth-order valence-electron chi connectivity index (χ4n) is 2.09. The Hall–Kier alpha value is -1.22. The first kappa shape index (κ1) is 12.8. The molecule has 0 heterocycles. The van der Waals surface area contributed by atoms with Gasteiger partial charge in [-0.25, -0.2) is 0 Å². The minimum atomic E-state index is 0.149. The maximum atomic E-state index is 5.82. The van der Waals surface area contributed by atoms with Crippen LogP contribution in [-0.4, -0.2) is 26.7 Å². The van der Waals surface area contributed by atoms with Crippen molar-refractivity contribution in [3.63, 3.8) is 0 Å². The highest BCUT2D eigenvalue weighted by Gasteiger charge is 2.13. The Kier molecular flexibility index (Phi) is 4.19. The monoisotopic (exact) mass is 222 g/mol. The number of ether oxygens (including phenoxy) is 1. The van der Waals surface area contributed by atoms with Crippen LogP contribution in [0.2, 0.25) is 0 Å². The first-order valence-corrected chi connectivity index (χ1v) is 5.57. The third kappa shape index (κ3) is 2.89. The number of hydrogen-bond donors (Lipinski definition) is 1. The Bertz CT molecular complexity index is 361. The second-order valence-electron chi connectivity index (χ2n) is 4.49. The molecular weight excluding hydrogens is 200 g/mol. The van der Waals surface area contributed by atoms with Crippen LogP contribution in [0.3, 0.4) is 0 Å². The number of anilines is 1. The molecule has 1 atom stereocenters. The van der Waals surface area contributed by atoms with Crippen molar-refractivity contribution in [3.05, 3.63) is 23.3 Å². The molecule has 1 aromatic rings. The quantitative estimate of drug-likeness (QED) is 0.848. The SMILES string of the molecule is COc1cc(C)cc(C)c1N(C)CC(C)N. The van der Waals surface area contributed by atoms with Crippen LogP contribution in [0, 0.1) is 13.8 Å². The molecular formula is C13H22N2O. The van der Waals surface area contributed by atoms with E-state index in [1.54, 1.807) is 7.11 Å². The van der Waals surface area contributed by atoms with E-state index in [2.05, 4.69) is 30.9 Å². The predicted octanol–water partition coefficient (Wildman–Crippen LogP) is 2.10. The average Bonchev–Trinajstić information content (AvgIpc) is 2.14. The normalized spacial score (nSPS) is 12.4. The molecule has 0 fully saturated rings. The lowest BCUT2D eigenvalue weighted by molar-refractivity contribution is 0.414. The number of benzene rings is 1. The van der Waals surface area contributed by atoms with E-state index < -0.39 is 0 Å². The van der Waals surface area contributed by atoms with E-state index in [0.29, 0.717) is 0 Å². The zero-order valence-corrected chi connectivity index (χ0v) is 10.9. The molecule has 0 aromatic heterocycles. The van der Waals surface area contributed by atoms with Crippen molar-refractivity contribution in [2.24, 2.45) is 5.73 Å². The molecule has 0 saturated carbocycles. The van der Waals surface area contributed by atoms with E-state index in [1.165, 1.54) is 11.1 Å². The molecule has 0 saturated heterocycles. The molecule has 0 amide bonds. The summed E-state index contributed by atoms with van der Waals surface area (Å²) in [6.45, 7) is 7.00. The van der Waals surface area contributed by atoms with Crippen molar-refractivity contribution >= 4 is 5.69 Å². The van der Waals surface area contributed by atoms with Crippen molar-refractivity contribution in [1.82, 2.24) is 0 Å². The van der Waals surface area contributed by atoms with Crippen LogP contribution in [0.5, 0.6) is 5.75 Å². The highest BCUT2D eigenvalue weighted by atomic mass is 16.5. The van der Waals surface area contributed by atoms with Gasteiger partial charge < -0.3 is 15.4 Å². The molecule has 1 rings (SSSR count). The fraction of sp³-hybridized carbons (Fsp3) is 0.538. The summed E-state index contributed by atoms with van der Waals surface area (Å²) < 4.78 is 5.43. The minimum absolute atomic E-state index is 0.149. The van der Waals surface area contributed by atoms with Gasteiger partial charge in [0, 0.05) is 19.6 Å². The number of rotatable bonds is 4.